The van der Waals surface area contributed by atoms with Crippen molar-refractivity contribution >= 4 is 45.0 Å². The van der Waals surface area contributed by atoms with Gasteiger partial charge in [-0.25, -0.2) is 26.9 Å². The average Bonchev–Trinajstić information content (AvgIpc) is 2.73. The Morgan fingerprint density at radius 1 is 1.10 bits per heavy atom. The summed E-state index contributed by atoms with van der Waals surface area (Å²) in [6.45, 7) is -0.284. The van der Waals surface area contributed by atoms with Gasteiger partial charge in [-0.1, -0.05) is 23.2 Å². The lowest BCUT2D eigenvalue weighted by Gasteiger charge is -2.24. The molecule has 0 saturated carbocycles. The van der Waals surface area contributed by atoms with Crippen molar-refractivity contribution in [2.75, 3.05) is 17.5 Å². The highest BCUT2D eigenvalue weighted by atomic mass is 35.5. The Morgan fingerprint density at radius 3 is 2.32 bits per heavy atom. The summed E-state index contributed by atoms with van der Waals surface area (Å²) in [5.41, 5.74) is -0.0622. The van der Waals surface area contributed by atoms with Gasteiger partial charge < -0.3 is 9.84 Å². The fourth-order valence-corrected chi connectivity index (χ4v) is 4.56. The first kappa shape index (κ1) is 22.8. The van der Waals surface area contributed by atoms with Crippen molar-refractivity contribution in [2.24, 2.45) is 0 Å². The number of carbonyl (C=O) groups is 1. The highest BCUT2D eigenvalue weighted by Gasteiger charge is 2.28. The number of benzene rings is 2. The van der Waals surface area contributed by atoms with Crippen LogP contribution in [0, 0.1) is 5.82 Å². The summed E-state index contributed by atoms with van der Waals surface area (Å²) < 4.78 is 46.1. The maximum absolute atomic E-state index is 13.3. The smallest absolute Gasteiger partial charge is 0.335 e. The van der Waals surface area contributed by atoms with Crippen molar-refractivity contribution in [1.82, 2.24) is 4.98 Å². The molecule has 0 saturated heterocycles. The van der Waals surface area contributed by atoms with Gasteiger partial charge in [0.25, 0.3) is 10.0 Å². The number of rotatable bonds is 8. The van der Waals surface area contributed by atoms with Crippen LogP contribution in [0.3, 0.4) is 0 Å². The third-order valence-electron chi connectivity index (χ3n) is 4.09. The molecule has 3 rings (SSSR count). The highest BCUT2D eigenvalue weighted by molar-refractivity contribution is 7.92. The molecule has 162 valence electrons. The van der Waals surface area contributed by atoms with Gasteiger partial charge in [0.05, 0.1) is 27.0 Å². The molecule has 1 N–H and O–H groups in total. The molecule has 0 amide bonds. The fourth-order valence-electron chi connectivity index (χ4n) is 2.60. The van der Waals surface area contributed by atoms with E-state index in [-0.39, 0.29) is 39.5 Å². The molecule has 11 heteroatoms. The van der Waals surface area contributed by atoms with Gasteiger partial charge in [-0.15, -0.1) is 0 Å². The summed E-state index contributed by atoms with van der Waals surface area (Å²) in [6.07, 6.45) is 1.25. The Hall–Kier alpha value is -2.88. The number of hydrogen-bond acceptors (Lipinski definition) is 5. The van der Waals surface area contributed by atoms with Gasteiger partial charge in [0.15, 0.2) is 5.82 Å². The number of pyridine rings is 1. The molecule has 3 aromatic rings. The topological polar surface area (TPSA) is 96.8 Å². The number of aromatic nitrogens is 1. The number of carboxylic acids is 1. The number of ether oxygens (including phenoxy) is 1. The van der Waals surface area contributed by atoms with E-state index in [0.717, 1.165) is 4.31 Å². The zero-order chi connectivity index (χ0) is 22.6. The van der Waals surface area contributed by atoms with Crippen molar-refractivity contribution in [1.29, 1.82) is 0 Å². The second kappa shape index (κ2) is 9.51. The SMILES string of the molecule is O=C(O)c1ccc(S(=O)(=O)N(CCOc2ccc(F)cc2)c2ncc(Cl)cc2Cl)cc1. The van der Waals surface area contributed by atoms with E-state index in [9.17, 15) is 17.6 Å². The van der Waals surface area contributed by atoms with E-state index in [4.69, 9.17) is 33.0 Å². The van der Waals surface area contributed by atoms with E-state index in [0.29, 0.717) is 5.75 Å². The van der Waals surface area contributed by atoms with Gasteiger partial charge in [0.2, 0.25) is 0 Å². The Morgan fingerprint density at radius 2 is 1.74 bits per heavy atom. The van der Waals surface area contributed by atoms with Gasteiger partial charge in [0, 0.05) is 6.20 Å². The lowest BCUT2D eigenvalue weighted by molar-refractivity contribution is 0.0696. The second-order valence-corrected chi connectivity index (χ2v) is 8.87. The monoisotopic (exact) mass is 484 g/mol. The van der Waals surface area contributed by atoms with Gasteiger partial charge in [-0.3, -0.25) is 0 Å². The number of aromatic carboxylic acids is 1. The van der Waals surface area contributed by atoms with E-state index < -0.39 is 21.8 Å². The molecule has 0 unspecified atom stereocenters. The maximum Gasteiger partial charge on any atom is 0.335 e. The van der Waals surface area contributed by atoms with Crippen LogP contribution >= 0.6 is 23.2 Å². The van der Waals surface area contributed by atoms with Crippen molar-refractivity contribution < 1.29 is 27.4 Å². The second-order valence-electron chi connectivity index (χ2n) is 6.17. The third-order valence-corrected chi connectivity index (χ3v) is 6.38. The Balaban J connectivity index is 1.92. The van der Waals surface area contributed by atoms with Crippen LogP contribution < -0.4 is 9.04 Å². The van der Waals surface area contributed by atoms with Crippen LogP contribution in [0.1, 0.15) is 10.4 Å². The lowest BCUT2D eigenvalue weighted by atomic mass is 10.2. The standard InChI is InChI=1S/C20H15Cl2FN2O5S/c21-14-11-18(22)19(24-12-14)25(9-10-30-16-5-3-15(23)4-6-16)31(28,29)17-7-1-13(2-8-17)20(26)27/h1-8,11-12H,9-10H2,(H,26,27). The molecule has 0 atom stereocenters. The molecular formula is C20H15Cl2FN2O5S. The van der Waals surface area contributed by atoms with Crippen LogP contribution in [0.25, 0.3) is 0 Å². The minimum atomic E-state index is -4.18. The van der Waals surface area contributed by atoms with Gasteiger partial charge >= 0.3 is 5.97 Å². The lowest BCUT2D eigenvalue weighted by Crippen LogP contribution is -2.35. The highest BCUT2D eigenvalue weighted by Crippen LogP contribution is 2.30. The molecule has 0 bridgehead atoms. The molecule has 31 heavy (non-hydrogen) atoms. The molecule has 0 fully saturated rings. The van der Waals surface area contributed by atoms with Crippen molar-refractivity contribution in [3.8, 4) is 5.75 Å². The number of nitrogens with zero attached hydrogens (tertiary/aromatic N) is 2. The van der Waals surface area contributed by atoms with Gasteiger partial charge in [-0.2, -0.15) is 0 Å². The summed E-state index contributed by atoms with van der Waals surface area (Å²) in [4.78, 5) is 14.9. The van der Waals surface area contributed by atoms with Crippen LogP contribution in [-0.2, 0) is 10.0 Å². The number of anilines is 1. The molecule has 0 spiro atoms. The predicted molar refractivity (Wildman–Crippen MR) is 114 cm³/mol. The first-order valence-corrected chi connectivity index (χ1v) is 10.9. The Bertz CT molecular complexity index is 1190. The largest absolute Gasteiger partial charge is 0.492 e. The third kappa shape index (κ3) is 5.43. The number of hydrogen-bond donors (Lipinski definition) is 1. The summed E-state index contributed by atoms with van der Waals surface area (Å²) in [5.74, 6) is -1.34. The summed E-state index contributed by atoms with van der Waals surface area (Å²) in [6, 6.07) is 11.3. The Kier molecular flexibility index (Phi) is 6.99. The van der Waals surface area contributed by atoms with E-state index in [1.165, 1.54) is 60.8 Å². The number of halogens is 3. The zero-order valence-electron chi connectivity index (χ0n) is 15.7. The van der Waals surface area contributed by atoms with Crippen molar-refractivity contribution in [2.45, 2.75) is 4.90 Å². The molecule has 0 aliphatic rings. The summed E-state index contributed by atoms with van der Waals surface area (Å²) >= 11 is 12.1. The van der Waals surface area contributed by atoms with Crippen LogP contribution in [0.4, 0.5) is 10.2 Å². The molecule has 0 aliphatic heterocycles. The van der Waals surface area contributed by atoms with Crippen LogP contribution in [0.2, 0.25) is 10.0 Å². The summed E-state index contributed by atoms with van der Waals surface area (Å²) in [7, 11) is -4.18. The van der Waals surface area contributed by atoms with Crippen molar-refractivity contribution in [3.63, 3.8) is 0 Å². The average molecular weight is 485 g/mol. The Labute approximate surface area is 187 Å². The first-order chi connectivity index (χ1) is 14.7. The van der Waals surface area contributed by atoms with E-state index in [1.807, 2.05) is 0 Å². The van der Waals surface area contributed by atoms with E-state index in [2.05, 4.69) is 4.98 Å². The summed E-state index contributed by atoms with van der Waals surface area (Å²) in [5, 5.41) is 9.25. The maximum atomic E-state index is 13.3. The van der Waals surface area contributed by atoms with Crippen LogP contribution in [-0.4, -0.2) is 37.6 Å². The minimum Gasteiger partial charge on any atom is -0.492 e. The van der Waals surface area contributed by atoms with Crippen molar-refractivity contribution in [3.05, 3.63) is 82.2 Å². The molecular weight excluding hydrogens is 470 g/mol. The molecule has 7 nitrogen and oxygen atoms in total. The fraction of sp³-hybridized carbons (Fsp3) is 0.100. The predicted octanol–water partition coefficient (Wildman–Crippen LogP) is 4.50. The quantitative estimate of drug-likeness (QED) is 0.505. The first-order valence-electron chi connectivity index (χ1n) is 8.74. The molecule has 1 aromatic heterocycles. The molecule has 1 heterocycles. The normalized spacial score (nSPS) is 11.2. The van der Waals surface area contributed by atoms with Crippen LogP contribution in [0.5, 0.6) is 5.75 Å². The number of carboxylic acid groups (broad SMARTS) is 1. The van der Waals surface area contributed by atoms with E-state index >= 15 is 0 Å². The molecule has 0 aliphatic carbocycles. The van der Waals surface area contributed by atoms with Crippen LogP contribution in [0.15, 0.2) is 65.7 Å². The van der Waals surface area contributed by atoms with E-state index in [1.54, 1.807) is 0 Å². The zero-order valence-corrected chi connectivity index (χ0v) is 18.0. The van der Waals surface area contributed by atoms with Gasteiger partial charge in [0.1, 0.15) is 18.2 Å². The molecule has 2 aromatic carbocycles. The minimum absolute atomic E-state index is 0.0000123. The van der Waals surface area contributed by atoms with Gasteiger partial charge in [-0.05, 0) is 54.6 Å². The number of sulfonamides is 1. The molecule has 0 radical (unpaired) electrons.